The fraction of sp³-hybridized carbons (Fsp3) is 0.653. The zero-order valence-electron chi connectivity index (χ0n) is 79.0. The van der Waals surface area contributed by atoms with E-state index in [1.165, 1.54) is 87.0 Å². The Hall–Kier alpha value is -7.54. The number of rotatable bonds is 10. The Morgan fingerprint density at radius 2 is 0.936 bits per heavy atom. The maximum atomic E-state index is 12.6. The predicted molar refractivity (Wildman–Crippen MR) is 491 cm³/mol. The summed E-state index contributed by atoms with van der Waals surface area (Å²) in [5.41, 5.74) is 5.96. The van der Waals surface area contributed by atoms with Gasteiger partial charge in [0.2, 0.25) is 5.78 Å². The summed E-state index contributed by atoms with van der Waals surface area (Å²) in [5, 5.41) is 67.5. The van der Waals surface area contributed by atoms with Crippen LogP contribution in [-0.4, -0.2) is 106 Å². The second-order valence-corrected chi connectivity index (χ2v) is 45.8. The van der Waals surface area contributed by atoms with Gasteiger partial charge in [0.15, 0.2) is 44.1 Å². The lowest BCUT2D eigenvalue weighted by atomic mass is 9.34. The Balaban J connectivity index is 0.000000218. The molecule has 11 aliphatic rings. The van der Waals surface area contributed by atoms with Gasteiger partial charge in [-0.05, 0) is 289 Å². The van der Waals surface area contributed by atoms with Crippen molar-refractivity contribution in [2.45, 2.75) is 329 Å². The molecule has 0 bridgehead atoms. The molecule has 2 aromatic carbocycles. The molecule has 21 nitrogen and oxygen atoms in total. The highest BCUT2D eigenvalue weighted by molar-refractivity contribution is 8.14. The van der Waals surface area contributed by atoms with Crippen molar-refractivity contribution in [3.8, 4) is 23.0 Å². The number of allylic oxidation sites excluding steroid dienone is 9. The Morgan fingerprint density at radius 3 is 1.38 bits per heavy atom. The number of aliphatic hydroxyl groups excluding tert-OH is 2. The average Bonchev–Trinajstić information content (AvgIpc) is 0.686. The van der Waals surface area contributed by atoms with Gasteiger partial charge in [0.05, 0.1) is 26.7 Å². The minimum absolute atomic E-state index is 0.00473. The second-order valence-electron chi connectivity index (χ2n) is 42.6. The highest BCUT2D eigenvalue weighted by atomic mass is 32.2. The maximum Gasteiger partial charge on any atom is 0.310 e. The summed E-state index contributed by atoms with van der Waals surface area (Å²) in [4.78, 5) is 127. The van der Waals surface area contributed by atoms with Gasteiger partial charge in [0.25, 0.3) is 0 Å². The number of esters is 4. The fourth-order valence-corrected chi connectivity index (χ4v) is 27.4. The summed E-state index contributed by atoms with van der Waals surface area (Å²) in [5.74, 6) is -3.98. The van der Waals surface area contributed by atoms with Crippen LogP contribution in [0.4, 0.5) is 0 Å². The number of carboxylic acids is 3. The van der Waals surface area contributed by atoms with E-state index in [1.807, 2.05) is 59.8 Å². The topological polar surface area (TPSA) is 357 Å². The summed E-state index contributed by atoms with van der Waals surface area (Å²) < 4.78 is 15.2. The Bertz CT molecular complexity index is 4850. The molecule has 0 amide bonds. The average molecular weight is 1790 g/mol. The predicted octanol–water partition coefficient (Wildman–Crippen LogP) is 22.4. The summed E-state index contributed by atoms with van der Waals surface area (Å²) >= 11 is 5.87. The molecule has 0 radical (unpaired) electrons. The van der Waals surface area contributed by atoms with Crippen LogP contribution in [0.3, 0.4) is 0 Å². The molecule has 18 atom stereocenters. The third-order valence-corrected chi connectivity index (χ3v) is 35.6. The van der Waals surface area contributed by atoms with Gasteiger partial charge in [-0.2, -0.15) is 0 Å². The minimum Gasteiger partial charge on any atom is -0.504 e. The van der Waals surface area contributed by atoms with Crippen molar-refractivity contribution >= 4 is 99.1 Å². The number of phenols is 2. The molecule has 24 heteroatoms. The number of benzene rings is 2. The van der Waals surface area contributed by atoms with Gasteiger partial charge in [0, 0.05) is 77.4 Å². The van der Waals surface area contributed by atoms with Gasteiger partial charge in [-0.25, -0.2) is 0 Å². The second kappa shape index (κ2) is 36.8. The van der Waals surface area contributed by atoms with Crippen LogP contribution in [0.5, 0.6) is 23.0 Å². The Morgan fingerprint density at radius 1 is 0.512 bits per heavy atom. The van der Waals surface area contributed by atoms with E-state index in [2.05, 4.69) is 119 Å². The van der Waals surface area contributed by atoms with Crippen LogP contribution >= 0.6 is 36.2 Å². The molecule has 0 heterocycles. The lowest BCUT2D eigenvalue weighted by Gasteiger charge is -2.70. The molecular formula is C101H142O21S3. The third-order valence-electron chi connectivity index (χ3n) is 33.7. The molecule has 8 saturated carbocycles. The van der Waals surface area contributed by atoms with E-state index in [1.54, 1.807) is 26.0 Å². The van der Waals surface area contributed by atoms with Crippen LogP contribution in [0.1, 0.15) is 338 Å². The van der Waals surface area contributed by atoms with Crippen LogP contribution in [0, 0.1) is 96.1 Å². The number of ketones is 1. The first-order valence-corrected chi connectivity index (χ1v) is 46.5. The quantitative estimate of drug-likeness (QED) is 0.0273. The number of hydrogen-bond donors (Lipinski definition) is 8. The zero-order valence-corrected chi connectivity index (χ0v) is 81.6. The van der Waals surface area contributed by atoms with Crippen molar-refractivity contribution in [1.82, 2.24) is 0 Å². The van der Waals surface area contributed by atoms with Crippen molar-refractivity contribution in [3.05, 3.63) is 117 Å². The molecular weight excluding hydrogens is 1650 g/mol. The number of carbonyl (C=O) groups excluding carboxylic acids is 8. The van der Waals surface area contributed by atoms with Gasteiger partial charge < -0.3 is 50.0 Å². The van der Waals surface area contributed by atoms with Gasteiger partial charge in [0.1, 0.15) is 0 Å². The SMILES string of the molecule is CC(=O)OC(C)=O.CC(=O)Oc1cc2c(c(C)c1OC(C)=O)C(SC(C)=O)C=C1[C@@]2(C)CC[C@@]2(C)C[C@](C)(CCC(C)(C)C(=O)O)CC[C@]12C.CC(=O)S.CC(=O)SC1C=C2[C@@](C)(CC[C@@]3(C)[C@@H]4C[C@](C)(C(=O)O)CC[C@]4(C)CC[C@]23C)c2cc(O)c(O)c(C)c21.CO.C[C@@]1(C(=O)O)CC[C@]2(C)CC[C@]3(C)/C4=C/C=C/C=C(/O)C(=O)/C=C/[C@]4(C)CC[C@@]3(C)[C@@H]2C1. The molecule has 125 heavy (non-hydrogen) atoms. The Labute approximate surface area is 755 Å². The summed E-state index contributed by atoms with van der Waals surface area (Å²) in [6.45, 7) is 49.0. The van der Waals surface area contributed by atoms with E-state index in [-0.39, 0.29) is 131 Å². The standard InChI is InChI=1S/C35H48O7S.C31H42O5S.C28H38O4.C4H6O3.C2H4OS.CH4O/c1-20-28-24(17-25(41-21(2)36)29(20)42-22(3)37)34(9)15-14-33(8)19-32(7,12-11-31(5,6)30(39)40)13-16-35(33,10)27(34)18-26(28)43-23(4)38;1-17-24-19(14-20(33)25(17)34)29(5)11-13-31(7)23-16-28(4,26(35)36)9-8-27(23,3)10-12-30(31,6)22(29)15-21(24)37-18(2)32;1-24-11-10-20(30)19(29)8-6-7-9-21(24)27(4)16-15-25(2)12-13-26(3,23(31)32)18-22(25)28(27,5)17-14-24;1-3(5)7-4(2)6;1-2(3)4;1-2/h17-18,26H,11-16,19H2,1-10H3,(H,39,40);14-15,21,23,33-34H,8-13,16H2,1-7H3,(H,35,36);6-11,22,29H,12-18H2,1-5H3,(H,31,32);1-2H3;1H3,(H,3,4);2H,1H3/b;;7-6+,11-10+,19-8+,21-9+;;;/t26?,32-,33+,34+,35-;21?,23-,27-,28-,29+,30-,31+;22-,24-,25-,26-,27-,28+;;;/m111.../s1. The van der Waals surface area contributed by atoms with Gasteiger partial charge in [-0.1, -0.05) is 160 Å². The van der Waals surface area contributed by atoms with E-state index in [0.29, 0.717) is 29.9 Å². The molecule has 0 aromatic heterocycles. The summed E-state index contributed by atoms with van der Waals surface area (Å²) in [7, 11) is 1.00. The van der Waals surface area contributed by atoms with E-state index in [9.17, 15) is 83.4 Å². The number of phenolic OH excluding ortho intramolecular Hbond substituents is 2. The number of carboxylic acid groups (broad SMARTS) is 3. The number of ether oxygens (including phenoxy) is 3. The molecule has 11 aliphatic carbocycles. The van der Waals surface area contributed by atoms with Crippen LogP contribution in [0.2, 0.25) is 0 Å². The number of thioether (sulfide) groups is 2. The zero-order chi connectivity index (χ0) is 94.7. The molecule has 8 fully saturated rings. The van der Waals surface area contributed by atoms with Crippen molar-refractivity contribution < 1.29 is 103 Å². The van der Waals surface area contributed by atoms with Crippen LogP contribution in [0.25, 0.3) is 0 Å². The number of aromatic hydroxyl groups is 2. The monoisotopic (exact) mass is 1790 g/mol. The van der Waals surface area contributed by atoms with Crippen molar-refractivity contribution in [3.63, 3.8) is 0 Å². The van der Waals surface area contributed by atoms with Crippen molar-refractivity contribution in [2.24, 2.45) is 82.2 Å². The van der Waals surface area contributed by atoms with Crippen LogP contribution in [-0.2, 0) is 68.3 Å². The lowest BCUT2D eigenvalue weighted by molar-refractivity contribution is -0.178. The maximum absolute atomic E-state index is 12.6. The number of thiol groups is 1. The molecule has 7 N–H and O–H groups in total. The molecule has 0 spiro atoms. The van der Waals surface area contributed by atoms with E-state index in [4.69, 9.17) is 14.6 Å². The van der Waals surface area contributed by atoms with Gasteiger partial charge in [-0.15, -0.1) is 12.6 Å². The van der Waals surface area contributed by atoms with E-state index in [0.717, 1.165) is 151 Å². The normalized spacial score (nSPS) is 37.3. The number of hydrogen-bond acceptors (Lipinski definition) is 20. The molecule has 0 aliphatic heterocycles. The summed E-state index contributed by atoms with van der Waals surface area (Å²) in [6, 6.07) is 3.61. The van der Waals surface area contributed by atoms with Crippen LogP contribution in [0.15, 0.2) is 83.2 Å². The fourth-order valence-electron chi connectivity index (χ4n) is 25.4. The van der Waals surface area contributed by atoms with Crippen molar-refractivity contribution in [1.29, 1.82) is 0 Å². The first-order chi connectivity index (χ1) is 57.4. The Kier molecular flexibility index (Phi) is 30.3. The molecule has 0 saturated heterocycles. The smallest absolute Gasteiger partial charge is 0.310 e. The van der Waals surface area contributed by atoms with Gasteiger partial charge >= 0.3 is 41.8 Å². The molecule has 2 aromatic rings. The van der Waals surface area contributed by atoms with Crippen molar-refractivity contribution in [2.75, 3.05) is 7.11 Å². The number of carbonyl (C=O) groups is 11. The summed E-state index contributed by atoms with van der Waals surface area (Å²) in [6.07, 6.45) is 34.6. The highest BCUT2D eigenvalue weighted by Crippen LogP contribution is 2.78. The number of fused-ring (bicyclic) bond motifs is 17. The lowest BCUT2D eigenvalue weighted by Crippen LogP contribution is -2.62. The molecule has 690 valence electrons. The first kappa shape index (κ1) is 103. The highest BCUT2D eigenvalue weighted by Gasteiger charge is 2.70. The van der Waals surface area contributed by atoms with E-state index < -0.39 is 58.0 Å². The number of aliphatic carboxylic acids is 3. The van der Waals surface area contributed by atoms with E-state index >= 15 is 0 Å². The molecule has 2 unspecified atom stereocenters. The largest absolute Gasteiger partial charge is 0.504 e. The van der Waals surface area contributed by atoms with Gasteiger partial charge in [-0.3, -0.25) is 52.7 Å². The van der Waals surface area contributed by atoms with Crippen LogP contribution < -0.4 is 9.47 Å². The molecule has 13 rings (SSSR count). The minimum atomic E-state index is -0.759. The first-order valence-electron chi connectivity index (χ1n) is 44.3. The third kappa shape index (κ3) is 19.3. The number of aliphatic hydroxyl groups is 2.